The summed E-state index contributed by atoms with van der Waals surface area (Å²) in [6.45, 7) is 1.68. The van der Waals surface area contributed by atoms with Crippen molar-refractivity contribution in [2.75, 3.05) is 33.9 Å². The highest BCUT2D eigenvalue weighted by Gasteiger charge is 2.17. The molecular weight excluding hydrogens is 398 g/mol. The van der Waals surface area contributed by atoms with Crippen molar-refractivity contribution >= 4 is 16.8 Å². The van der Waals surface area contributed by atoms with Gasteiger partial charge >= 0.3 is 0 Å². The van der Waals surface area contributed by atoms with Crippen LogP contribution in [0, 0.1) is 0 Å². The highest BCUT2D eigenvalue weighted by atomic mass is 16.5. The number of piperidine rings is 1. The molecule has 1 aliphatic rings. The van der Waals surface area contributed by atoms with E-state index in [0.717, 1.165) is 25.9 Å². The number of hydrogen-bond acceptors (Lipinski definition) is 7. The van der Waals surface area contributed by atoms with Crippen molar-refractivity contribution in [1.29, 1.82) is 0 Å². The van der Waals surface area contributed by atoms with E-state index in [0.29, 0.717) is 39.8 Å². The Kier molecular flexibility index (Phi) is 6.35. The van der Waals surface area contributed by atoms with Crippen LogP contribution in [-0.4, -0.2) is 54.7 Å². The Hall–Kier alpha value is -3.55. The number of hydrogen-bond donors (Lipinski definition) is 0. The van der Waals surface area contributed by atoms with Crippen molar-refractivity contribution < 1.29 is 23.7 Å². The largest absolute Gasteiger partial charge is 0.493 e. The normalized spacial score (nSPS) is 13.7. The monoisotopic (exact) mass is 423 g/mol. The lowest BCUT2D eigenvalue weighted by molar-refractivity contribution is -0.134. The highest BCUT2D eigenvalue weighted by Crippen LogP contribution is 2.35. The molecule has 2 aromatic carbocycles. The van der Waals surface area contributed by atoms with E-state index in [-0.39, 0.29) is 12.5 Å². The summed E-state index contributed by atoms with van der Waals surface area (Å²) in [4.78, 5) is 22.6. The summed E-state index contributed by atoms with van der Waals surface area (Å²) >= 11 is 0. The van der Waals surface area contributed by atoms with Gasteiger partial charge in [-0.2, -0.15) is 0 Å². The summed E-state index contributed by atoms with van der Waals surface area (Å²) in [6.07, 6.45) is 4.75. The predicted octanol–water partition coefficient (Wildman–Crippen LogP) is 3.83. The molecule has 8 heteroatoms. The quantitative estimate of drug-likeness (QED) is 0.571. The lowest BCUT2D eigenvalue weighted by Gasteiger charge is -2.26. The molecule has 0 spiro atoms. The van der Waals surface area contributed by atoms with E-state index >= 15 is 0 Å². The molecule has 1 aromatic heterocycles. The number of nitrogens with zero attached hydrogens (tertiary/aromatic N) is 3. The minimum absolute atomic E-state index is 0.0249. The highest BCUT2D eigenvalue weighted by molar-refractivity contribution is 5.87. The smallest absolute Gasteiger partial charge is 0.260 e. The molecule has 0 bridgehead atoms. The number of likely N-dealkylation sites (tertiary alicyclic amines) is 1. The third-order valence-corrected chi connectivity index (χ3v) is 5.21. The Morgan fingerprint density at radius 1 is 0.935 bits per heavy atom. The topological polar surface area (TPSA) is 83.0 Å². The van der Waals surface area contributed by atoms with E-state index in [4.69, 9.17) is 18.9 Å². The molecule has 1 saturated heterocycles. The van der Waals surface area contributed by atoms with E-state index in [1.165, 1.54) is 12.7 Å². The molecule has 0 atom stereocenters. The average Bonchev–Trinajstić information content (AvgIpc) is 2.83. The number of aromatic nitrogens is 2. The van der Waals surface area contributed by atoms with Gasteiger partial charge in [-0.3, -0.25) is 4.79 Å². The maximum atomic E-state index is 12.2. The minimum atomic E-state index is 0.0249. The lowest BCUT2D eigenvalue weighted by Crippen LogP contribution is -2.38. The van der Waals surface area contributed by atoms with Crippen molar-refractivity contribution in [3.63, 3.8) is 0 Å². The van der Waals surface area contributed by atoms with Gasteiger partial charge in [-0.15, -0.1) is 0 Å². The van der Waals surface area contributed by atoms with Crippen LogP contribution in [0.2, 0.25) is 0 Å². The van der Waals surface area contributed by atoms with Crippen LogP contribution in [0.5, 0.6) is 28.9 Å². The first kappa shape index (κ1) is 20.7. The van der Waals surface area contributed by atoms with E-state index in [1.807, 2.05) is 4.90 Å². The molecule has 0 unspecified atom stereocenters. The van der Waals surface area contributed by atoms with Crippen molar-refractivity contribution in [3.05, 3.63) is 42.7 Å². The van der Waals surface area contributed by atoms with Gasteiger partial charge in [0.1, 0.15) is 17.8 Å². The van der Waals surface area contributed by atoms with Gasteiger partial charge in [0.05, 0.1) is 25.1 Å². The fraction of sp³-hybridized carbons (Fsp3) is 0.348. The molecule has 2 heterocycles. The van der Waals surface area contributed by atoms with E-state index in [9.17, 15) is 4.79 Å². The first-order valence-corrected chi connectivity index (χ1v) is 10.2. The van der Waals surface area contributed by atoms with Gasteiger partial charge < -0.3 is 23.8 Å². The van der Waals surface area contributed by atoms with Crippen LogP contribution < -0.4 is 18.9 Å². The van der Waals surface area contributed by atoms with Crippen LogP contribution in [0.15, 0.2) is 42.7 Å². The Morgan fingerprint density at radius 2 is 1.61 bits per heavy atom. The van der Waals surface area contributed by atoms with Crippen LogP contribution in [0.1, 0.15) is 19.3 Å². The third-order valence-electron chi connectivity index (χ3n) is 5.21. The van der Waals surface area contributed by atoms with Gasteiger partial charge in [0.2, 0.25) is 5.88 Å². The van der Waals surface area contributed by atoms with Gasteiger partial charge in [0.25, 0.3) is 5.91 Å². The zero-order chi connectivity index (χ0) is 21.6. The molecule has 0 aliphatic carbocycles. The van der Waals surface area contributed by atoms with E-state index < -0.39 is 0 Å². The molecule has 1 aliphatic heterocycles. The number of fused-ring (bicyclic) bond motifs is 1. The Balaban J connectivity index is 1.44. The molecule has 3 aromatic rings. The summed E-state index contributed by atoms with van der Waals surface area (Å²) in [5, 5.41) is 0.701. The molecule has 8 nitrogen and oxygen atoms in total. The fourth-order valence-electron chi connectivity index (χ4n) is 3.54. The van der Waals surface area contributed by atoms with Gasteiger partial charge in [-0.25, -0.2) is 9.97 Å². The van der Waals surface area contributed by atoms with Gasteiger partial charge in [0.15, 0.2) is 18.1 Å². The van der Waals surface area contributed by atoms with Gasteiger partial charge in [-0.05, 0) is 49.6 Å². The third kappa shape index (κ3) is 4.79. The van der Waals surface area contributed by atoms with Gasteiger partial charge in [0, 0.05) is 19.2 Å². The molecule has 162 valence electrons. The van der Waals surface area contributed by atoms with Crippen LogP contribution in [0.3, 0.4) is 0 Å². The minimum Gasteiger partial charge on any atom is -0.493 e. The van der Waals surface area contributed by atoms with Gasteiger partial charge in [-0.1, -0.05) is 0 Å². The average molecular weight is 423 g/mol. The predicted molar refractivity (Wildman–Crippen MR) is 115 cm³/mol. The Bertz CT molecular complexity index is 1050. The first-order chi connectivity index (χ1) is 15.2. The number of rotatable bonds is 7. The van der Waals surface area contributed by atoms with Crippen LogP contribution in [-0.2, 0) is 4.79 Å². The van der Waals surface area contributed by atoms with Crippen molar-refractivity contribution in [3.8, 4) is 28.9 Å². The second-order valence-electron chi connectivity index (χ2n) is 7.21. The fourth-order valence-corrected chi connectivity index (χ4v) is 3.54. The molecular formula is C23H25N3O5. The number of amides is 1. The molecule has 0 N–H and O–H groups in total. The van der Waals surface area contributed by atoms with E-state index in [1.54, 1.807) is 50.6 Å². The maximum Gasteiger partial charge on any atom is 0.260 e. The van der Waals surface area contributed by atoms with Crippen molar-refractivity contribution in [2.45, 2.75) is 19.3 Å². The van der Waals surface area contributed by atoms with Crippen LogP contribution in [0.25, 0.3) is 10.9 Å². The Labute approximate surface area is 180 Å². The lowest BCUT2D eigenvalue weighted by atomic mass is 10.1. The number of carbonyl (C=O) groups is 1. The molecule has 31 heavy (non-hydrogen) atoms. The molecule has 0 saturated carbocycles. The van der Waals surface area contributed by atoms with E-state index in [2.05, 4.69) is 9.97 Å². The number of benzene rings is 2. The summed E-state index contributed by atoms with van der Waals surface area (Å²) < 4.78 is 22.3. The summed E-state index contributed by atoms with van der Waals surface area (Å²) in [5.74, 6) is 2.77. The standard InChI is InChI=1S/C23H25N3O5/c1-28-20-12-18-19(13-21(20)29-2)24-15-25-23(18)31-17-8-6-16(7-9-17)30-14-22(27)26-10-4-3-5-11-26/h6-9,12-13,15H,3-5,10-11,14H2,1-2H3. The molecule has 4 rings (SSSR count). The number of carbonyl (C=O) groups excluding carboxylic acids is 1. The Morgan fingerprint density at radius 3 is 2.32 bits per heavy atom. The maximum absolute atomic E-state index is 12.2. The van der Waals surface area contributed by atoms with Crippen LogP contribution in [0.4, 0.5) is 0 Å². The zero-order valence-corrected chi connectivity index (χ0v) is 17.7. The summed E-state index contributed by atoms with van der Waals surface area (Å²) in [5.41, 5.74) is 0.679. The second-order valence-corrected chi connectivity index (χ2v) is 7.21. The van der Waals surface area contributed by atoms with Crippen molar-refractivity contribution in [2.24, 2.45) is 0 Å². The molecule has 1 amide bonds. The number of methoxy groups -OCH3 is 2. The molecule has 1 fully saturated rings. The van der Waals surface area contributed by atoms with Crippen LogP contribution >= 0.6 is 0 Å². The molecule has 0 radical (unpaired) electrons. The zero-order valence-electron chi connectivity index (χ0n) is 17.7. The summed E-state index contributed by atoms with van der Waals surface area (Å²) in [7, 11) is 3.15. The second kappa shape index (κ2) is 9.51. The summed E-state index contributed by atoms with van der Waals surface area (Å²) in [6, 6.07) is 10.6. The number of ether oxygens (including phenoxy) is 4. The van der Waals surface area contributed by atoms with Crippen molar-refractivity contribution in [1.82, 2.24) is 14.9 Å². The first-order valence-electron chi connectivity index (χ1n) is 10.2. The SMILES string of the molecule is COc1cc2ncnc(Oc3ccc(OCC(=O)N4CCCCC4)cc3)c2cc1OC.